The summed E-state index contributed by atoms with van der Waals surface area (Å²) in [6, 6.07) is 2.33. The van der Waals surface area contributed by atoms with Crippen molar-refractivity contribution in [2.45, 2.75) is 35.0 Å². The van der Waals surface area contributed by atoms with E-state index in [2.05, 4.69) is 15.2 Å². The lowest BCUT2D eigenvalue weighted by Crippen LogP contribution is -2.53. The zero-order chi connectivity index (χ0) is 18.8. The molecule has 0 spiro atoms. The van der Waals surface area contributed by atoms with E-state index in [1.165, 1.54) is 0 Å². The van der Waals surface area contributed by atoms with Crippen LogP contribution in [0.4, 0.5) is 19.0 Å². The molecular formula is C17H18F3IN4OS. The minimum absolute atomic E-state index is 0.0307. The maximum atomic E-state index is 12.9. The second kappa shape index (κ2) is 6.39. The molecule has 4 heterocycles. The van der Waals surface area contributed by atoms with E-state index in [-0.39, 0.29) is 22.3 Å². The van der Waals surface area contributed by atoms with Gasteiger partial charge in [0.15, 0.2) is 5.82 Å². The lowest BCUT2D eigenvalue weighted by Gasteiger charge is -2.41. The maximum Gasteiger partial charge on any atom is 0.447 e. The van der Waals surface area contributed by atoms with E-state index >= 15 is 0 Å². The van der Waals surface area contributed by atoms with Crippen molar-refractivity contribution < 1.29 is 17.9 Å². The average molecular weight is 510 g/mol. The number of anilines is 1. The summed E-state index contributed by atoms with van der Waals surface area (Å²) in [6.07, 6.45) is 5.28. The minimum atomic E-state index is -4.32. The Morgan fingerprint density at radius 1 is 1.37 bits per heavy atom. The molecule has 1 N–H and O–H groups in total. The molecule has 0 amide bonds. The Hall–Kier alpha value is -0.720. The van der Waals surface area contributed by atoms with Crippen LogP contribution in [0, 0.1) is 9.49 Å². The van der Waals surface area contributed by atoms with Gasteiger partial charge in [0, 0.05) is 46.4 Å². The summed E-state index contributed by atoms with van der Waals surface area (Å²) in [6.45, 7) is 3.73. The van der Waals surface area contributed by atoms with Crippen molar-refractivity contribution in [1.82, 2.24) is 14.3 Å². The molecule has 3 fully saturated rings. The van der Waals surface area contributed by atoms with Crippen LogP contribution < -0.4 is 5.32 Å². The van der Waals surface area contributed by atoms with E-state index in [1.54, 1.807) is 22.9 Å². The third-order valence-electron chi connectivity index (χ3n) is 5.86. The fourth-order valence-corrected chi connectivity index (χ4v) is 5.73. The zero-order valence-corrected chi connectivity index (χ0v) is 17.3. The van der Waals surface area contributed by atoms with Gasteiger partial charge < -0.3 is 14.5 Å². The van der Waals surface area contributed by atoms with Gasteiger partial charge >= 0.3 is 5.51 Å². The van der Waals surface area contributed by atoms with Gasteiger partial charge in [-0.1, -0.05) is 0 Å². The molecule has 2 aliphatic heterocycles. The van der Waals surface area contributed by atoms with Crippen LogP contribution in [-0.4, -0.2) is 57.7 Å². The van der Waals surface area contributed by atoms with Crippen molar-refractivity contribution in [3.05, 3.63) is 22.0 Å². The number of likely N-dealkylation sites (tertiary alicyclic amines) is 1. The summed E-state index contributed by atoms with van der Waals surface area (Å²) in [7, 11) is 0. The van der Waals surface area contributed by atoms with Crippen LogP contribution in [0.2, 0.25) is 0 Å². The number of halogens is 4. The lowest BCUT2D eigenvalue weighted by atomic mass is 10.0. The molecule has 10 heteroatoms. The number of alkyl halides is 3. The first-order valence-corrected chi connectivity index (χ1v) is 10.8. The minimum Gasteiger partial charge on any atom is -0.378 e. The van der Waals surface area contributed by atoms with Gasteiger partial charge in [0.25, 0.3) is 0 Å². The molecule has 3 aliphatic rings. The fourth-order valence-electron chi connectivity index (χ4n) is 4.21. The molecule has 5 nitrogen and oxygen atoms in total. The van der Waals surface area contributed by atoms with Crippen LogP contribution in [0.5, 0.6) is 0 Å². The predicted molar refractivity (Wildman–Crippen MR) is 105 cm³/mol. The van der Waals surface area contributed by atoms with Crippen LogP contribution in [0.25, 0.3) is 5.52 Å². The third kappa shape index (κ3) is 3.32. The Labute approximate surface area is 172 Å². The van der Waals surface area contributed by atoms with Gasteiger partial charge in [0.2, 0.25) is 0 Å². The Morgan fingerprint density at radius 2 is 2.19 bits per heavy atom. The number of ether oxygens (including phenoxy) is 1. The number of aromatic nitrogens is 2. The lowest BCUT2D eigenvalue weighted by molar-refractivity contribution is -0.0714. The van der Waals surface area contributed by atoms with E-state index in [1.807, 2.05) is 22.6 Å². The van der Waals surface area contributed by atoms with Gasteiger partial charge in [0.1, 0.15) is 5.03 Å². The topological polar surface area (TPSA) is 41.8 Å². The Bertz CT molecular complexity index is 887. The zero-order valence-electron chi connectivity index (χ0n) is 14.3. The summed E-state index contributed by atoms with van der Waals surface area (Å²) in [5.41, 5.74) is -3.59. The normalized spacial score (nSPS) is 28.8. The molecule has 0 bridgehead atoms. The Kier molecular flexibility index (Phi) is 4.34. The summed E-state index contributed by atoms with van der Waals surface area (Å²) in [4.78, 5) is 6.95. The van der Waals surface area contributed by atoms with Gasteiger partial charge in [-0.3, -0.25) is 4.90 Å². The molecule has 2 aromatic rings. The Morgan fingerprint density at radius 3 is 2.85 bits per heavy atom. The quantitative estimate of drug-likeness (QED) is 0.501. The van der Waals surface area contributed by atoms with Crippen LogP contribution >= 0.6 is 34.4 Å². The number of nitrogens with zero attached hydrogens (tertiary/aromatic N) is 3. The van der Waals surface area contributed by atoms with E-state index in [0.29, 0.717) is 26.9 Å². The molecule has 2 unspecified atom stereocenters. The standard InChI is InChI=1S/C17H18F3IN4OS/c18-17(19,20)27-15-12(21)5-13-14(22-2-4-25(13)15)23-16-1-3-24(7-10(16)6-16)11-8-26-9-11/h2,4-5,10-11H,1,3,6-9H2,(H,22,23). The van der Waals surface area contributed by atoms with E-state index in [9.17, 15) is 13.2 Å². The second-order valence-corrected chi connectivity index (χ2v) is 9.71. The van der Waals surface area contributed by atoms with Crippen molar-refractivity contribution in [2.24, 2.45) is 5.92 Å². The molecule has 1 aliphatic carbocycles. The molecule has 2 aromatic heterocycles. The number of nitrogens with one attached hydrogen (secondary N) is 1. The number of fused-ring (bicyclic) bond motifs is 2. The smallest absolute Gasteiger partial charge is 0.378 e. The summed E-state index contributed by atoms with van der Waals surface area (Å²) < 4.78 is 46.2. The first-order valence-electron chi connectivity index (χ1n) is 8.86. The van der Waals surface area contributed by atoms with Crippen molar-refractivity contribution in [3.63, 3.8) is 0 Å². The van der Waals surface area contributed by atoms with Crippen LogP contribution in [0.15, 0.2) is 23.5 Å². The van der Waals surface area contributed by atoms with Gasteiger partial charge in [0.05, 0.1) is 24.8 Å². The third-order valence-corrected chi connectivity index (χ3v) is 7.89. The van der Waals surface area contributed by atoms with Crippen molar-refractivity contribution in [3.8, 4) is 0 Å². The fraction of sp³-hybridized carbons (Fsp3) is 0.588. The molecular weight excluding hydrogens is 492 g/mol. The average Bonchev–Trinajstić information content (AvgIpc) is 3.16. The van der Waals surface area contributed by atoms with Crippen LogP contribution in [0.3, 0.4) is 0 Å². The molecule has 146 valence electrons. The largest absolute Gasteiger partial charge is 0.447 e. The highest BCUT2D eigenvalue weighted by Crippen LogP contribution is 2.52. The Balaban J connectivity index is 1.38. The van der Waals surface area contributed by atoms with E-state index in [4.69, 9.17) is 4.74 Å². The summed E-state index contributed by atoms with van der Waals surface area (Å²) in [5.74, 6) is 1.24. The second-order valence-electron chi connectivity index (χ2n) is 7.49. The number of rotatable bonds is 4. The van der Waals surface area contributed by atoms with Crippen molar-refractivity contribution in [2.75, 3.05) is 31.6 Å². The summed E-state index contributed by atoms with van der Waals surface area (Å²) in [5, 5.41) is 3.78. The summed E-state index contributed by atoms with van der Waals surface area (Å²) >= 11 is 1.88. The highest BCUT2D eigenvalue weighted by atomic mass is 127. The highest BCUT2D eigenvalue weighted by molar-refractivity contribution is 14.1. The number of thioether (sulfide) groups is 1. The maximum absolute atomic E-state index is 12.9. The van der Waals surface area contributed by atoms with Crippen molar-refractivity contribution >= 4 is 45.7 Å². The number of hydrogen-bond acceptors (Lipinski definition) is 5. The molecule has 27 heavy (non-hydrogen) atoms. The number of piperidine rings is 1. The first-order chi connectivity index (χ1) is 12.8. The van der Waals surface area contributed by atoms with Gasteiger partial charge in [-0.2, -0.15) is 13.2 Å². The monoisotopic (exact) mass is 510 g/mol. The molecule has 0 aromatic carbocycles. The molecule has 0 radical (unpaired) electrons. The highest BCUT2D eigenvalue weighted by Gasteiger charge is 2.58. The number of hydrogen-bond donors (Lipinski definition) is 1. The van der Waals surface area contributed by atoms with Gasteiger partial charge in [-0.05, 0) is 47.4 Å². The SMILES string of the molecule is FC(F)(F)Sc1c(I)cc2c(NC34CCN(C5COC5)CC3C4)nccn12. The molecule has 1 saturated carbocycles. The van der Waals surface area contributed by atoms with E-state index < -0.39 is 5.51 Å². The predicted octanol–water partition coefficient (Wildman–Crippen LogP) is 3.83. The molecule has 2 atom stereocenters. The molecule has 2 saturated heterocycles. The van der Waals surface area contributed by atoms with Gasteiger partial charge in [-0.25, -0.2) is 4.98 Å². The van der Waals surface area contributed by atoms with Crippen LogP contribution in [-0.2, 0) is 4.74 Å². The van der Waals surface area contributed by atoms with Crippen molar-refractivity contribution in [1.29, 1.82) is 0 Å². The first kappa shape index (κ1) is 18.3. The van der Waals surface area contributed by atoms with Crippen LogP contribution in [0.1, 0.15) is 12.8 Å². The molecule has 5 rings (SSSR count). The van der Waals surface area contributed by atoms with Gasteiger partial charge in [-0.15, -0.1) is 0 Å². The van der Waals surface area contributed by atoms with E-state index in [0.717, 1.165) is 39.1 Å².